The number of aromatic amines is 1. The molecule has 1 rings (SSSR count). The van der Waals surface area contributed by atoms with E-state index in [4.69, 9.17) is 5.11 Å². The molecule has 8 heteroatoms. The van der Waals surface area contributed by atoms with Crippen LogP contribution >= 0.6 is 0 Å². The van der Waals surface area contributed by atoms with E-state index < -0.39 is 24.9 Å². The lowest BCUT2D eigenvalue weighted by atomic mass is 10.2. The Hall–Kier alpha value is -1.57. The lowest BCUT2D eigenvalue weighted by molar-refractivity contribution is -0.120. The van der Waals surface area contributed by atoms with Crippen molar-refractivity contribution in [3.63, 3.8) is 0 Å². The Morgan fingerprint density at radius 3 is 2.58 bits per heavy atom. The highest BCUT2D eigenvalue weighted by atomic mass is 19.4. The summed E-state index contributed by atoms with van der Waals surface area (Å²) in [6, 6.07) is 0.993. The van der Waals surface area contributed by atoms with E-state index in [1.165, 1.54) is 0 Å². The van der Waals surface area contributed by atoms with Crippen LogP contribution in [0.25, 0.3) is 0 Å². The van der Waals surface area contributed by atoms with Gasteiger partial charge < -0.3 is 15.0 Å². The summed E-state index contributed by atoms with van der Waals surface area (Å²) in [5.74, 6) is 0.112. The fourth-order valence-electron chi connectivity index (χ4n) is 1.51. The minimum Gasteiger partial charge on any atom is -0.395 e. The maximum atomic E-state index is 12.4. The van der Waals surface area contributed by atoms with Gasteiger partial charge in [0.25, 0.3) is 5.56 Å². The largest absolute Gasteiger partial charge is 0.405 e. The second-order valence-electron chi connectivity index (χ2n) is 4.40. The van der Waals surface area contributed by atoms with E-state index in [2.05, 4.69) is 9.97 Å². The number of aliphatic hydroxyl groups is 1. The Balaban J connectivity index is 3.11. The Bertz CT molecular complexity index is 471. The second kappa shape index (κ2) is 6.05. The highest BCUT2D eigenvalue weighted by Gasteiger charge is 2.31. The molecule has 0 bridgehead atoms. The molecular weight excluding hydrogens is 263 g/mol. The van der Waals surface area contributed by atoms with Crippen molar-refractivity contribution >= 4 is 5.82 Å². The summed E-state index contributed by atoms with van der Waals surface area (Å²) in [6.07, 6.45) is -4.43. The fourth-order valence-corrected chi connectivity index (χ4v) is 1.51. The second-order valence-corrected chi connectivity index (χ2v) is 4.40. The van der Waals surface area contributed by atoms with E-state index >= 15 is 0 Å². The monoisotopic (exact) mass is 279 g/mol. The van der Waals surface area contributed by atoms with Gasteiger partial charge in [-0.3, -0.25) is 4.79 Å². The van der Waals surface area contributed by atoms with Crippen LogP contribution in [0.3, 0.4) is 0 Å². The van der Waals surface area contributed by atoms with Crippen LogP contribution in [-0.4, -0.2) is 40.9 Å². The summed E-state index contributed by atoms with van der Waals surface area (Å²) < 4.78 is 37.3. The maximum absolute atomic E-state index is 12.4. The molecule has 0 radical (unpaired) electrons. The Kier molecular flexibility index (Phi) is 4.93. The van der Waals surface area contributed by atoms with Gasteiger partial charge in [-0.25, -0.2) is 4.98 Å². The van der Waals surface area contributed by atoms with Gasteiger partial charge in [0.15, 0.2) is 0 Å². The molecule has 0 aliphatic heterocycles. The number of anilines is 1. The number of alkyl halides is 3. The average Bonchev–Trinajstić information content (AvgIpc) is 2.25. The summed E-state index contributed by atoms with van der Waals surface area (Å²) in [7, 11) is 0. The van der Waals surface area contributed by atoms with Gasteiger partial charge in [0.05, 0.1) is 6.61 Å². The van der Waals surface area contributed by atoms with Crippen molar-refractivity contribution in [2.45, 2.75) is 25.9 Å². The molecule has 1 aromatic heterocycles. The molecule has 2 N–H and O–H groups in total. The first kappa shape index (κ1) is 15.5. The Morgan fingerprint density at radius 2 is 2.11 bits per heavy atom. The van der Waals surface area contributed by atoms with E-state index in [9.17, 15) is 18.0 Å². The van der Waals surface area contributed by atoms with Crippen molar-refractivity contribution in [1.82, 2.24) is 9.97 Å². The lowest BCUT2D eigenvalue weighted by Crippen LogP contribution is -2.37. The Labute approximate surface area is 108 Å². The van der Waals surface area contributed by atoms with Crippen molar-refractivity contribution < 1.29 is 18.3 Å². The predicted molar refractivity (Wildman–Crippen MR) is 64.3 cm³/mol. The van der Waals surface area contributed by atoms with Crippen LogP contribution in [0.5, 0.6) is 0 Å². The molecule has 1 aromatic rings. The van der Waals surface area contributed by atoms with Gasteiger partial charge in [0.2, 0.25) is 0 Å². The van der Waals surface area contributed by atoms with E-state index in [1.54, 1.807) is 13.8 Å². The van der Waals surface area contributed by atoms with Gasteiger partial charge in [0.1, 0.15) is 18.2 Å². The molecule has 0 atom stereocenters. The zero-order valence-electron chi connectivity index (χ0n) is 10.7. The van der Waals surface area contributed by atoms with Crippen LogP contribution in [0.2, 0.25) is 0 Å². The van der Waals surface area contributed by atoms with Crippen molar-refractivity contribution in [2.75, 3.05) is 24.6 Å². The normalized spacial score (nSPS) is 11.9. The SMILES string of the molecule is CC(C)c1nc(N(CCO)CC(F)(F)F)cc(=O)[nH]1. The summed E-state index contributed by atoms with van der Waals surface area (Å²) in [4.78, 5) is 18.7. The van der Waals surface area contributed by atoms with Crippen LogP contribution in [0.15, 0.2) is 10.9 Å². The van der Waals surface area contributed by atoms with Gasteiger partial charge in [-0.15, -0.1) is 0 Å². The third-order valence-electron chi connectivity index (χ3n) is 2.36. The molecule has 0 unspecified atom stereocenters. The molecule has 0 fully saturated rings. The molecule has 108 valence electrons. The van der Waals surface area contributed by atoms with Gasteiger partial charge in [0, 0.05) is 18.5 Å². The first-order valence-electron chi connectivity index (χ1n) is 5.76. The molecule has 0 saturated heterocycles. The number of hydrogen-bond acceptors (Lipinski definition) is 4. The van der Waals surface area contributed by atoms with Gasteiger partial charge in [-0.1, -0.05) is 13.8 Å². The van der Waals surface area contributed by atoms with E-state index in [0.29, 0.717) is 5.82 Å². The number of rotatable bonds is 5. The number of H-pyrrole nitrogens is 1. The van der Waals surface area contributed by atoms with Crippen molar-refractivity contribution in [1.29, 1.82) is 0 Å². The summed E-state index contributed by atoms with van der Waals surface area (Å²) in [5.41, 5.74) is -0.515. The first-order valence-corrected chi connectivity index (χ1v) is 5.76. The zero-order valence-corrected chi connectivity index (χ0v) is 10.7. The summed E-state index contributed by atoms with van der Waals surface area (Å²) in [6.45, 7) is 1.57. The third-order valence-corrected chi connectivity index (χ3v) is 2.36. The molecule has 0 aromatic carbocycles. The minimum atomic E-state index is -4.43. The van der Waals surface area contributed by atoms with Crippen LogP contribution in [0, 0.1) is 0 Å². The summed E-state index contributed by atoms with van der Waals surface area (Å²) >= 11 is 0. The Morgan fingerprint density at radius 1 is 1.47 bits per heavy atom. The topological polar surface area (TPSA) is 69.2 Å². The molecule has 0 amide bonds. The molecule has 5 nitrogen and oxygen atoms in total. The quantitative estimate of drug-likeness (QED) is 0.851. The molecule has 0 aliphatic carbocycles. The number of nitrogens with zero attached hydrogens (tertiary/aromatic N) is 2. The smallest absolute Gasteiger partial charge is 0.395 e. The van der Waals surface area contributed by atoms with Gasteiger partial charge in [-0.05, 0) is 0 Å². The van der Waals surface area contributed by atoms with E-state index in [1.807, 2.05) is 0 Å². The summed E-state index contributed by atoms with van der Waals surface area (Å²) in [5, 5.41) is 8.82. The van der Waals surface area contributed by atoms with Gasteiger partial charge >= 0.3 is 6.18 Å². The number of hydrogen-bond donors (Lipinski definition) is 2. The molecular formula is C11H16F3N3O2. The third kappa shape index (κ3) is 4.90. The van der Waals surface area contributed by atoms with Gasteiger partial charge in [-0.2, -0.15) is 13.2 Å². The minimum absolute atomic E-state index is 0.0844. The number of halogens is 3. The van der Waals surface area contributed by atoms with Crippen molar-refractivity contribution in [3.05, 3.63) is 22.2 Å². The molecule has 19 heavy (non-hydrogen) atoms. The van der Waals surface area contributed by atoms with E-state index in [-0.39, 0.29) is 18.3 Å². The van der Waals surface area contributed by atoms with Crippen LogP contribution in [-0.2, 0) is 0 Å². The number of aromatic nitrogens is 2. The van der Waals surface area contributed by atoms with Crippen LogP contribution < -0.4 is 10.5 Å². The number of nitrogens with one attached hydrogen (secondary N) is 1. The van der Waals surface area contributed by atoms with Crippen LogP contribution in [0.1, 0.15) is 25.6 Å². The molecule has 0 saturated carbocycles. The van der Waals surface area contributed by atoms with E-state index in [0.717, 1.165) is 11.0 Å². The predicted octanol–water partition coefficient (Wildman–Crippen LogP) is 1.25. The molecule has 0 spiro atoms. The maximum Gasteiger partial charge on any atom is 0.405 e. The average molecular weight is 279 g/mol. The first-order chi connectivity index (χ1) is 8.73. The number of aliphatic hydroxyl groups excluding tert-OH is 1. The fraction of sp³-hybridized carbons (Fsp3) is 0.636. The lowest BCUT2D eigenvalue weighted by Gasteiger charge is -2.24. The molecule has 1 heterocycles. The highest BCUT2D eigenvalue weighted by molar-refractivity contribution is 5.38. The highest BCUT2D eigenvalue weighted by Crippen LogP contribution is 2.20. The van der Waals surface area contributed by atoms with Crippen molar-refractivity contribution in [3.8, 4) is 0 Å². The van der Waals surface area contributed by atoms with Crippen molar-refractivity contribution in [2.24, 2.45) is 0 Å². The standard InChI is InChI=1S/C11H16F3N3O2/c1-7(2)10-15-8(5-9(19)16-10)17(3-4-18)6-11(12,13)14/h5,7,18H,3-4,6H2,1-2H3,(H,15,16,19). The molecule has 0 aliphatic rings. The zero-order chi connectivity index (χ0) is 14.6. The van der Waals surface area contributed by atoms with Crippen LogP contribution in [0.4, 0.5) is 19.0 Å².